The summed E-state index contributed by atoms with van der Waals surface area (Å²) in [6.45, 7) is 6.88. The Morgan fingerprint density at radius 3 is 2.16 bits per heavy atom. The molecule has 1 aromatic rings. The molecule has 104 valence electrons. The van der Waals surface area contributed by atoms with Crippen molar-refractivity contribution in [2.75, 3.05) is 19.7 Å². The molecule has 4 nitrogen and oxygen atoms in total. The first-order valence-electron chi connectivity index (χ1n) is 6.55. The Kier molecular flexibility index (Phi) is 6.06. The topological polar surface area (TPSA) is 46.6 Å². The van der Waals surface area contributed by atoms with Gasteiger partial charge in [-0.2, -0.15) is 0 Å². The maximum atomic E-state index is 11.7. The Bertz CT molecular complexity index is 422. The second-order valence-corrected chi connectivity index (χ2v) is 4.38. The fraction of sp³-hybridized carbons (Fsp3) is 0.467. The summed E-state index contributed by atoms with van der Waals surface area (Å²) >= 11 is 0. The lowest BCUT2D eigenvalue weighted by atomic mass is 10.1. The van der Waals surface area contributed by atoms with Gasteiger partial charge in [0.1, 0.15) is 11.5 Å². The fourth-order valence-electron chi connectivity index (χ4n) is 1.80. The van der Waals surface area contributed by atoms with Crippen LogP contribution in [0.25, 0.3) is 0 Å². The van der Waals surface area contributed by atoms with E-state index in [1.165, 1.54) is 0 Å². The molecule has 0 aliphatic rings. The highest BCUT2D eigenvalue weighted by atomic mass is 16.5. The molecule has 1 rings (SSSR count). The van der Waals surface area contributed by atoms with Gasteiger partial charge >= 0.3 is 0 Å². The number of nitrogens with zero attached hydrogens (tertiary/aromatic N) is 1. The Balaban J connectivity index is 2.50. The third kappa shape index (κ3) is 5.12. The summed E-state index contributed by atoms with van der Waals surface area (Å²) in [7, 11) is 0. The largest absolute Gasteiger partial charge is 0.484 e. The second-order valence-electron chi connectivity index (χ2n) is 4.38. The summed E-state index contributed by atoms with van der Waals surface area (Å²) in [6.07, 6.45) is 0.429. The minimum Gasteiger partial charge on any atom is -0.484 e. The van der Waals surface area contributed by atoms with E-state index in [1.54, 1.807) is 24.0 Å². The summed E-state index contributed by atoms with van der Waals surface area (Å²) in [5.41, 5.74) is 0.954. The lowest BCUT2D eigenvalue weighted by Gasteiger charge is -2.18. The third-order valence-corrected chi connectivity index (χ3v) is 2.85. The average Bonchev–Trinajstić information content (AvgIpc) is 2.38. The number of rotatable bonds is 7. The van der Waals surface area contributed by atoms with Crippen LogP contribution in [0.3, 0.4) is 0 Å². The molecule has 0 fully saturated rings. The molecule has 4 heteroatoms. The molecular formula is C15H21NO3. The van der Waals surface area contributed by atoms with E-state index in [0.29, 0.717) is 25.3 Å². The van der Waals surface area contributed by atoms with E-state index < -0.39 is 0 Å². The van der Waals surface area contributed by atoms with Gasteiger partial charge < -0.3 is 9.64 Å². The number of carbonyl (C=O) groups excluding carboxylic acids is 2. The summed E-state index contributed by atoms with van der Waals surface area (Å²) in [5.74, 6) is 0.760. The van der Waals surface area contributed by atoms with Crippen LogP contribution in [0.5, 0.6) is 5.75 Å². The number of ketones is 1. The maximum Gasteiger partial charge on any atom is 0.260 e. The van der Waals surface area contributed by atoms with Crippen LogP contribution in [0.15, 0.2) is 24.3 Å². The first-order valence-corrected chi connectivity index (χ1v) is 6.55. The average molecular weight is 263 g/mol. The zero-order valence-corrected chi connectivity index (χ0v) is 11.8. The maximum absolute atomic E-state index is 11.7. The van der Waals surface area contributed by atoms with Crippen molar-refractivity contribution in [2.45, 2.75) is 27.2 Å². The smallest absolute Gasteiger partial charge is 0.260 e. The Labute approximate surface area is 114 Å². The number of ether oxygens (including phenoxy) is 1. The second kappa shape index (κ2) is 7.56. The molecule has 0 spiro atoms. The molecule has 1 aromatic carbocycles. The minimum atomic E-state index is -0.0159. The number of benzene rings is 1. The number of Topliss-reactive ketones (excluding diaryl/α,β-unsaturated/α-hetero) is 1. The SMILES string of the molecule is CCN(CC)C(=O)COc1ccc(CC(C)=O)cc1. The standard InChI is InChI=1S/C15H21NO3/c1-4-16(5-2)15(18)11-19-14-8-6-13(7-9-14)10-12(3)17/h6-9H,4-5,10-11H2,1-3H3. The van der Waals surface area contributed by atoms with E-state index in [2.05, 4.69) is 0 Å². The van der Waals surface area contributed by atoms with E-state index >= 15 is 0 Å². The number of carbonyl (C=O) groups is 2. The number of likely N-dealkylation sites (N-methyl/N-ethyl adjacent to an activating group) is 1. The Hall–Kier alpha value is -1.84. The molecule has 0 bridgehead atoms. The van der Waals surface area contributed by atoms with Gasteiger partial charge in [-0.1, -0.05) is 12.1 Å². The van der Waals surface area contributed by atoms with Crippen molar-refractivity contribution < 1.29 is 14.3 Å². The minimum absolute atomic E-state index is 0.0159. The normalized spacial score (nSPS) is 10.1. The molecule has 0 aliphatic carbocycles. The molecule has 19 heavy (non-hydrogen) atoms. The highest BCUT2D eigenvalue weighted by molar-refractivity contribution is 5.78. The number of amides is 1. The van der Waals surface area contributed by atoms with Gasteiger partial charge in [-0.15, -0.1) is 0 Å². The van der Waals surface area contributed by atoms with Gasteiger partial charge in [0.15, 0.2) is 6.61 Å². The van der Waals surface area contributed by atoms with Gasteiger partial charge in [0.25, 0.3) is 5.91 Å². The summed E-state index contributed by atoms with van der Waals surface area (Å²) in [4.78, 5) is 24.4. The molecule has 0 heterocycles. The number of hydrogen-bond acceptors (Lipinski definition) is 3. The quantitative estimate of drug-likeness (QED) is 0.756. The summed E-state index contributed by atoms with van der Waals surface area (Å²) in [6, 6.07) is 7.26. The highest BCUT2D eigenvalue weighted by Crippen LogP contribution is 2.13. The van der Waals surface area contributed by atoms with Gasteiger partial charge in [-0.25, -0.2) is 0 Å². The molecule has 0 saturated heterocycles. The molecule has 0 N–H and O–H groups in total. The van der Waals surface area contributed by atoms with Gasteiger partial charge in [0.2, 0.25) is 0 Å². The van der Waals surface area contributed by atoms with Crippen LogP contribution in [0.4, 0.5) is 0 Å². The zero-order chi connectivity index (χ0) is 14.3. The van der Waals surface area contributed by atoms with Crippen molar-refractivity contribution in [3.05, 3.63) is 29.8 Å². The fourth-order valence-corrected chi connectivity index (χ4v) is 1.80. The van der Waals surface area contributed by atoms with Crippen molar-refractivity contribution in [2.24, 2.45) is 0 Å². The molecule has 0 saturated carbocycles. The first kappa shape index (κ1) is 15.2. The summed E-state index contributed by atoms with van der Waals surface area (Å²) < 4.78 is 5.44. The van der Waals surface area contributed by atoms with Gasteiger partial charge in [0, 0.05) is 19.5 Å². The van der Waals surface area contributed by atoms with Crippen LogP contribution in [0, 0.1) is 0 Å². The van der Waals surface area contributed by atoms with Crippen LogP contribution >= 0.6 is 0 Å². The molecule has 0 unspecified atom stereocenters. The lowest BCUT2D eigenvalue weighted by Crippen LogP contribution is -2.34. The number of hydrogen-bond donors (Lipinski definition) is 0. The molecule has 0 radical (unpaired) electrons. The zero-order valence-electron chi connectivity index (χ0n) is 11.8. The van der Waals surface area contributed by atoms with E-state index in [-0.39, 0.29) is 18.3 Å². The van der Waals surface area contributed by atoms with Crippen molar-refractivity contribution in [1.82, 2.24) is 4.90 Å². The molecule has 0 aromatic heterocycles. The van der Waals surface area contributed by atoms with Crippen LogP contribution in [-0.4, -0.2) is 36.3 Å². The van der Waals surface area contributed by atoms with E-state index in [0.717, 1.165) is 5.56 Å². The van der Waals surface area contributed by atoms with Gasteiger partial charge in [0.05, 0.1) is 0 Å². The van der Waals surface area contributed by atoms with E-state index in [9.17, 15) is 9.59 Å². The van der Waals surface area contributed by atoms with Crippen LogP contribution in [-0.2, 0) is 16.0 Å². The van der Waals surface area contributed by atoms with E-state index in [1.807, 2.05) is 26.0 Å². The van der Waals surface area contributed by atoms with Crippen molar-refractivity contribution in [3.63, 3.8) is 0 Å². The lowest BCUT2D eigenvalue weighted by molar-refractivity contribution is -0.133. The van der Waals surface area contributed by atoms with Gasteiger partial charge in [-0.3, -0.25) is 9.59 Å². The molecule has 1 amide bonds. The monoisotopic (exact) mass is 263 g/mol. The summed E-state index contributed by atoms with van der Waals surface area (Å²) in [5, 5.41) is 0. The predicted octanol–water partition coefficient (Wildman–Crippen LogP) is 2.07. The first-order chi connectivity index (χ1) is 9.06. The highest BCUT2D eigenvalue weighted by Gasteiger charge is 2.09. The van der Waals surface area contributed by atoms with Crippen molar-refractivity contribution in [1.29, 1.82) is 0 Å². The molecular weight excluding hydrogens is 242 g/mol. The van der Waals surface area contributed by atoms with Crippen LogP contribution < -0.4 is 4.74 Å². The van der Waals surface area contributed by atoms with Crippen molar-refractivity contribution in [3.8, 4) is 5.75 Å². The Morgan fingerprint density at radius 1 is 1.11 bits per heavy atom. The Morgan fingerprint density at radius 2 is 1.68 bits per heavy atom. The van der Waals surface area contributed by atoms with Crippen LogP contribution in [0.2, 0.25) is 0 Å². The van der Waals surface area contributed by atoms with E-state index in [4.69, 9.17) is 4.74 Å². The third-order valence-electron chi connectivity index (χ3n) is 2.85. The molecule has 0 atom stereocenters. The predicted molar refractivity (Wildman–Crippen MR) is 74.3 cm³/mol. The van der Waals surface area contributed by atoms with Crippen molar-refractivity contribution >= 4 is 11.7 Å². The van der Waals surface area contributed by atoms with Crippen LogP contribution in [0.1, 0.15) is 26.3 Å². The van der Waals surface area contributed by atoms with Gasteiger partial charge in [-0.05, 0) is 38.5 Å². The molecule has 0 aliphatic heterocycles.